The average molecular weight is 264 g/mol. The summed E-state index contributed by atoms with van der Waals surface area (Å²) in [5, 5.41) is 0. The molecule has 20 heavy (non-hydrogen) atoms. The second-order valence-electron chi connectivity index (χ2n) is 5.66. The maximum atomic E-state index is 12.3. The van der Waals surface area contributed by atoms with E-state index in [0.717, 1.165) is 6.42 Å². The molecule has 0 heterocycles. The highest BCUT2D eigenvalue weighted by Crippen LogP contribution is 2.55. The molecule has 0 aromatic heterocycles. The number of hydrogen-bond donors (Lipinski definition) is 0. The highest BCUT2D eigenvalue weighted by atomic mass is 16.5. The molecule has 0 N–H and O–H groups in total. The summed E-state index contributed by atoms with van der Waals surface area (Å²) in [6.07, 6.45) is 0.934. The Morgan fingerprint density at radius 1 is 1.00 bits per heavy atom. The number of ether oxygens (including phenoxy) is 1. The Morgan fingerprint density at radius 3 is 2.40 bits per heavy atom. The van der Waals surface area contributed by atoms with Crippen LogP contribution in [0.15, 0.2) is 48.5 Å². The van der Waals surface area contributed by atoms with Gasteiger partial charge in [0.15, 0.2) is 0 Å². The van der Waals surface area contributed by atoms with Crippen molar-refractivity contribution < 1.29 is 9.53 Å². The van der Waals surface area contributed by atoms with Gasteiger partial charge in [0.2, 0.25) is 0 Å². The fourth-order valence-electron chi connectivity index (χ4n) is 4.05. The van der Waals surface area contributed by atoms with E-state index in [1.54, 1.807) is 0 Å². The lowest BCUT2D eigenvalue weighted by Crippen LogP contribution is -2.29. The van der Waals surface area contributed by atoms with Gasteiger partial charge in [-0.25, -0.2) is 0 Å². The number of esters is 1. The van der Waals surface area contributed by atoms with E-state index in [4.69, 9.17) is 4.74 Å². The highest BCUT2D eigenvalue weighted by molar-refractivity contribution is 5.79. The first kappa shape index (κ1) is 11.7. The summed E-state index contributed by atoms with van der Waals surface area (Å²) in [6.45, 7) is 0. The van der Waals surface area contributed by atoms with Gasteiger partial charge in [0, 0.05) is 11.8 Å². The third kappa shape index (κ3) is 1.42. The van der Waals surface area contributed by atoms with Gasteiger partial charge in [0.05, 0.1) is 13.0 Å². The Morgan fingerprint density at radius 2 is 1.65 bits per heavy atom. The molecular weight excluding hydrogens is 248 g/mol. The maximum absolute atomic E-state index is 12.3. The van der Waals surface area contributed by atoms with Crippen molar-refractivity contribution in [2.24, 2.45) is 5.92 Å². The van der Waals surface area contributed by atoms with E-state index in [0.29, 0.717) is 0 Å². The molecule has 4 rings (SSSR count). The SMILES string of the molecule is COC(=O)C1C2Cc3ccccc3C1c1ccccc12. The van der Waals surface area contributed by atoms with Crippen LogP contribution >= 0.6 is 0 Å². The molecule has 100 valence electrons. The normalized spacial score (nSPS) is 25.8. The number of benzene rings is 2. The Kier molecular flexibility index (Phi) is 2.46. The van der Waals surface area contributed by atoms with E-state index >= 15 is 0 Å². The minimum atomic E-state index is -0.0781. The van der Waals surface area contributed by atoms with Gasteiger partial charge in [-0.2, -0.15) is 0 Å². The van der Waals surface area contributed by atoms with Gasteiger partial charge in [-0.3, -0.25) is 4.79 Å². The lowest BCUT2D eigenvalue weighted by Gasteiger charge is -2.30. The van der Waals surface area contributed by atoms with Crippen molar-refractivity contribution in [3.05, 3.63) is 70.8 Å². The summed E-state index contributed by atoms with van der Waals surface area (Å²) < 4.78 is 5.08. The molecule has 3 atom stereocenters. The predicted octanol–water partition coefficient (Wildman–Crippen LogP) is 3.26. The zero-order valence-electron chi connectivity index (χ0n) is 11.4. The van der Waals surface area contributed by atoms with Crippen molar-refractivity contribution in [1.82, 2.24) is 0 Å². The molecule has 2 aromatic rings. The largest absolute Gasteiger partial charge is 0.469 e. The van der Waals surface area contributed by atoms with Gasteiger partial charge in [0.1, 0.15) is 0 Å². The topological polar surface area (TPSA) is 26.3 Å². The minimum absolute atomic E-state index is 0.0627. The average Bonchev–Trinajstić information content (AvgIpc) is 2.75. The van der Waals surface area contributed by atoms with Gasteiger partial charge in [-0.05, 0) is 28.7 Å². The van der Waals surface area contributed by atoms with Gasteiger partial charge in [0.25, 0.3) is 0 Å². The molecule has 2 bridgehead atoms. The zero-order valence-corrected chi connectivity index (χ0v) is 11.4. The maximum Gasteiger partial charge on any atom is 0.310 e. The van der Waals surface area contributed by atoms with Crippen molar-refractivity contribution >= 4 is 5.97 Å². The Bertz CT molecular complexity index is 678. The van der Waals surface area contributed by atoms with E-state index < -0.39 is 0 Å². The first-order valence-electron chi connectivity index (χ1n) is 7.05. The molecule has 2 heteroatoms. The van der Waals surface area contributed by atoms with Crippen LogP contribution in [-0.4, -0.2) is 13.1 Å². The fourth-order valence-corrected chi connectivity index (χ4v) is 4.05. The molecule has 0 amide bonds. The van der Waals surface area contributed by atoms with Crippen LogP contribution in [0, 0.1) is 5.92 Å². The molecule has 2 aromatic carbocycles. The number of hydrogen-bond acceptors (Lipinski definition) is 2. The van der Waals surface area contributed by atoms with Crippen LogP contribution in [0.4, 0.5) is 0 Å². The van der Waals surface area contributed by atoms with E-state index in [9.17, 15) is 4.79 Å². The first-order valence-corrected chi connectivity index (χ1v) is 7.05. The van der Waals surface area contributed by atoms with Crippen molar-refractivity contribution in [2.75, 3.05) is 7.11 Å². The molecule has 3 unspecified atom stereocenters. The van der Waals surface area contributed by atoms with Crippen molar-refractivity contribution in [2.45, 2.75) is 18.3 Å². The molecular formula is C18H16O2. The number of rotatable bonds is 1. The fraction of sp³-hybridized carbons (Fsp3) is 0.278. The Balaban J connectivity index is 1.95. The molecule has 0 aliphatic heterocycles. The summed E-state index contributed by atoms with van der Waals surface area (Å²) >= 11 is 0. The summed E-state index contributed by atoms with van der Waals surface area (Å²) in [6, 6.07) is 17.0. The standard InChI is InChI=1S/C18H16O2/c1-20-18(19)17-15-10-11-6-2-3-7-12(11)16(17)14-9-5-4-8-13(14)15/h2-9,15-17H,10H2,1H3. The van der Waals surface area contributed by atoms with Crippen LogP contribution in [0.3, 0.4) is 0 Å². The van der Waals surface area contributed by atoms with Gasteiger partial charge < -0.3 is 4.74 Å². The van der Waals surface area contributed by atoms with Gasteiger partial charge in [-0.15, -0.1) is 0 Å². The van der Waals surface area contributed by atoms with E-state index in [-0.39, 0.29) is 23.7 Å². The Hall–Kier alpha value is -2.09. The van der Waals surface area contributed by atoms with Gasteiger partial charge in [-0.1, -0.05) is 48.5 Å². The second-order valence-corrected chi connectivity index (χ2v) is 5.66. The molecule has 0 spiro atoms. The van der Waals surface area contributed by atoms with E-state index in [2.05, 4.69) is 48.5 Å². The summed E-state index contributed by atoms with van der Waals surface area (Å²) in [5.41, 5.74) is 5.30. The highest BCUT2D eigenvalue weighted by Gasteiger charge is 2.49. The number of carbonyl (C=O) groups is 1. The predicted molar refractivity (Wildman–Crippen MR) is 76.7 cm³/mol. The molecule has 0 fully saturated rings. The van der Waals surface area contributed by atoms with Crippen molar-refractivity contribution in [1.29, 1.82) is 0 Å². The van der Waals surface area contributed by atoms with E-state index in [1.807, 2.05) is 0 Å². The third-order valence-corrected chi connectivity index (χ3v) is 4.83. The van der Waals surface area contributed by atoms with Crippen LogP contribution in [0.25, 0.3) is 0 Å². The summed E-state index contributed by atoms with van der Waals surface area (Å²) in [7, 11) is 1.49. The zero-order chi connectivity index (χ0) is 13.7. The minimum Gasteiger partial charge on any atom is -0.469 e. The number of fused-ring (bicyclic) bond motifs is 7. The lowest BCUT2D eigenvalue weighted by atomic mass is 9.73. The van der Waals surface area contributed by atoms with E-state index in [1.165, 1.54) is 29.4 Å². The lowest BCUT2D eigenvalue weighted by molar-refractivity contribution is -0.146. The molecule has 0 saturated heterocycles. The van der Waals surface area contributed by atoms with Crippen molar-refractivity contribution in [3.63, 3.8) is 0 Å². The quantitative estimate of drug-likeness (QED) is 0.739. The molecule has 2 aliphatic carbocycles. The molecule has 0 radical (unpaired) electrons. The molecule has 2 aliphatic rings. The first-order chi connectivity index (χ1) is 9.81. The molecule has 0 saturated carbocycles. The van der Waals surface area contributed by atoms with Crippen LogP contribution < -0.4 is 0 Å². The Labute approximate surface area is 118 Å². The van der Waals surface area contributed by atoms with Crippen LogP contribution in [0.5, 0.6) is 0 Å². The number of methoxy groups -OCH3 is 1. The van der Waals surface area contributed by atoms with Crippen LogP contribution in [0.2, 0.25) is 0 Å². The van der Waals surface area contributed by atoms with Gasteiger partial charge >= 0.3 is 5.97 Å². The smallest absolute Gasteiger partial charge is 0.310 e. The second kappa shape index (κ2) is 4.20. The third-order valence-electron chi connectivity index (χ3n) is 4.83. The summed E-state index contributed by atoms with van der Waals surface area (Å²) in [4.78, 5) is 12.3. The van der Waals surface area contributed by atoms with Crippen LogP contribution in [-0.2, 0) is 16.0 Å². The number of carbonyl (C=O) groups excluding carboxylic acids is 1. The summed E-state index contributed by atoms with van der Waals surface area (Å²) in [5.74, 6) is 0.283. The monoisotopic (exact) mass is 264 g/mol. The molecule has 2 nitrogen and oxygen atoms in total. The van der Waals surface area contributed by atoms with Crippen LogP contribution in [0.1, 0.15) is 34.1 Å². The van der Waals surface area contributed by atoms with Crippen molar-refractivity contribution in [3.8, 4) is 0 Å².